The van der Waals surface area contributed by atoms with Crippen LogP contribution in [0.1, 0.15) is 19.4 Å². The molecule has 0 saturated heterocycles. The Bertz CT molecular complexity index is 499. The van der Waals surface area contributed by atoms with Gasteiger partial charge in [-0.05, 0) is 31.5 Å². The molecule has 1 rings (SSSR count). The summed E-state index contributed by atoms with van der Waals surface area (Å²) in [7, 11) is 0. The summed E-state index contributed by atoms with van der Waals surface area (Å²) in [5.74, 6) is -0.882. The molecule has 0 spiro atoms. The van der Waals surface area contributed by atoms with E-state index in [1.807, 2.05) is 0 Å². The monoisotopic (exact) mass is 318 g/mol. The maximum atomic E-state index is 11.5. The summed E-state index contributed by atoms with van der Waals surface area (Å²) in [6, 6.07) is 6.22. The average molecular weight is 318 g/mol. The molecule has 0 saturated carbocycles. The fourth-order valence-corrected chi connectivity index (χ4v) is 1.34. The Labute approximate surface area is 165 Å². The molecule has 0 atom stereocenters. The Morgan fingerprint density at radius 3 is 2.48 bits per heavy atom. The van der Waals surface area contributed by atoms with Crippen LogP contribution in [0.2, 0.25) is 0 Å². The van der Waals surface area contributed by atoms with Crippen molar-refractivity contribution in [1.29, 1.82) is 0 Å². The molecule has 2 N–H and O–H groups in total. The fourth-order valence-electron chi connectivity index (χ4n) is 1.34. The Balaban J connectivity index is 0.00000400. The molecular formula is C14H17KNO5+. The first-order valence-electron chi connectivity index (χ1n) is 6.10. The number of hydrogen-bond acceptors (Lipinski definition) is 6. The summed E-state index contributed by atoms with van der Waals surface area (Å²) in [4.78, 5) is 27.4. The summed E-state index contributed by atoms with van der Waals surface area (Å²) in [6.07, 6.45) is 1.25. The van der Waals surface area contributed by atoms with Crippen molar-refractivity contribution in [2.45, 2.75) is 20.3 Å². The van der Waals surface area contributed by atoms with Gasteiger partial charge in [0.05, 0.1) is 18.7 Å². The van der Waals surface area contributed by atoms with Crippen LogP contribution < -0.4 is 56.9 Å². The zero-order chi connectivity index (χ0) is 15.0. The van der Waals surface area contributed by atoms with Crippen LogP contribution in [0.15, 0.2) is 36.0 Å². The molecule has 0 radical (unpaired) electrons. The first-order chi connectivity index (χ1) is 9.51. The van der Waals surface area contributed by atoms with Gasteiger partial charge in [0.2, 0.25) is 0 Å². The van der Waals surface area contributed by atoms with Crippen molar-refractivity contribution in [3.05, 3.63) is 41.6 Å². The Morgan fingerprint density at radius 1 is 1.29 bits per heavy atom. The van der Waals surface area contributed by atoms with Gasteiger partial charge in [-0.2, -0.15) is 0 Å². The molecule has 0 aliphatic carbocycles. The predicted octanol–water partition coefficient (Wildman–Crippen LogP) is -1.55. The quantitative estimate of drug-likeness (QED) is 0.286. The van der Waals surface area contributed by atoms with Gasteiger partial charge in [0.1, 0.15) is 5.75 Å². The van der Waals surface area contributed by atoms with Crippen molar-refractivity contribution in [1.82, 2.24) is 5.48 Å². The van der Waals surface area contributed by atoms with Gasteiger partial charge in [-0.25, -0.2) is 15.1 Å². The summed E-state index contributed by atoms with van der Waals surface area (Å²) in [5.41, 5.74) is 3.44. The molecule has 0 fully saturated rings. The van der Waals surface area contributed by atoms with Crippen LogP contribution in [-0.4, -0.2) is 23.7 Å². The van der Waals surface area contributed by atoms with Crippen LogP contribution in [0.25, 0.3) is 0 Å². The number of nitrogens with one attached hydrogen (secondary N) is 1. The summed E-state index contributed by atoms with van der Waals surface area (Å²) in [6.45, 7) is 3.56. The van der Waals surface area contributed by atoms with E-state index in [-0.39, 0.29) is 70.2 Å². The normalized spacial score (nSPS) is 10.3. The first kappa shape index (κ1) is 20.1. The molecule has 6 nitrogen and oxygen atoms in total. The second-order valence-electron chi connectivity index (χ2n) is 4.00. The van der Waals surface area contributed by atoms with Gasteiger partial charge in [0.25, 0.3) is 0 Å². The molecule has 0 aromatic heterocycles. The van der Waals surface area contributed by atoms with E-state index in [1.54, 1.807) is 26.0 Å². The van der Waals surface area contributed by atoms with Crippen LogP contribution >= 0.6 is 0 Å². The number of rotatable bonds is 6. The second-order valence-corrected chi connectivity index (χ2v) is 4.00. The standard InChI is InChI=1S/C14H17NO5.K/c1-3-19-13(17)8-10(2)15-20-14(18)9-11-4-6-12(16)7-5-11;/h4-8,15-16H,3,9H2,1-2H3;/q;+1/b10-8+;. The third kappa shape index (κ3) is 8.89. The smallest absolute Gasteiger partial charge is 0.508 e. The Morgan fingerprint density at radius 2 is 1.90 bits per heavy atom. The van der Waals surface area contributed by atoms with Crippen molar-refractivity contribution < 1.29 is 75.7 Å². The molecule has 1 aromatic rings. The van der Waals surface area contributed by atoms with Crippen LogP contribution in [0.3, 0.4) is 0 Å². The van der Waals surface area contributed by atoms with Crippen molar-refractivity contribution in [3.8, 4) is 5.75 Å². The first-order valence-corrected chi connectivity index (χ1v) is 6.10. The maximum absolute atomic E-state index is 11.5. The third-order valence-corrected chi connectivity index (χ3v) is 2.23. The molecule has 1 aromatic carbocycles. The van der Waals surface area contributed by atoms with Crippen molar-refractivity contribution in [2.75, 3.05) is 6.61 Å². The minimum Gasteiger partial charge on any atom is -0.508 e. The number of phenolic OH excluding ortho intramolecular Hbond substituents is 1. The van der Waals surface area contributed by atoms with Gasteiger partial charge in [-0.15, -0.1) is 0 Å². The van der Waals surface area contributed by atoms with E-state index in [1.165, 1.54) is 18.2 Å². The molecule has 0 unspecified atom stereocenters. The largest absolute Gasteiger partial charge is 1.00 e. The minimum atomic E-state index is -0.507. The molecule has 0 heterocycles. The van der Waals surface area contributed by atoms with Gasteiger partial charge < -0.3 is 14.7 Å². The van der Waals surface area contributed by atoms with E-state index in [0.29, 0.717) is 11.3 Å². The van der Waals surface area contributed by atoms with Gasteiger partial charge in [0.15, 0.2) is 0 Å². The van der Waals surface area contributed by atoms with Crippen molar-refractivity contribution >= 4 is 11.9 Å². The minimum absolute atomic E-state index is 0. The van der Waals surface area contributed by atoms with E-state index in [9.17, 15) is 9.59 Å². The number of carbonyl (C=O) groups is 2. The Kier molecular flexibility index (Phi) is 10.4. The van der Waals surface area contributed by atoms with E-state index in [4.69, 9.17) is 14.7 Å². The molecule has 21 heavy (non-hydrogen) atoms. The van der Waals surface area contributed by atoms with Crippen LogP contribution in [0.5, 0.6) is 5.75 Å². The average Bonchev–Trinajstić information content (AvgIpc) is 2.39. The van der Waals surface area contributed by atoms with Crippen LogP contribution in [-0.2, 0) is 25.6 Å². The van der Waals surface area contributed by atoms with Gasteiger partial charge in [-0.1, -0.05) is 12.1 Å². The molecule has 0 amide bonds. The van der Waals surface area contributed by atoms with Crippen molar-refractivity contribution in [2.24, 2.45) is 0 Å². The molecule has 7 heteroatoms. The number of carbonyl (C=O) groups excluding carboxylic acids is 2. The van der Waals surface area contributed by atoms with E-state index < -0.39 is 11.9 Å². The van der Waals surface area contributed by atoms with Crippen LogP contribution in [0.4, 0.5) is 0 Å². The second kappa shape index (κ2) is 10.8. The topological polar surface area (TPSA) is 84.9 Å². The number of esters is 1. The van der Waals surface area contributed by atoms with E-state index in [0.717, 1.165) is 0 Å². The summed E-state index contributed by atoms with van der Waals surface area (Å²) in [5, 5.41) is 9.11. The van der Waals surface area contributed by atoms with Gasteiger partial charge >= 0.3 is 63.3 Å². The van der Waals surface area contributed by atoms with Gasteiger partial charge in [-0.3, -0.25) is 0 Å². The zero-order valence-corrected chi connectivity index (χ0v) is 15.5. The fraction of sp³-hybridized carbons (Fsp3) is 0.286. The molecule has 0 bridgehead atoms. The summed E-state index contributed by atoms with van der Waals surface area (Å²) < 4.78 is 4.71. The van der Waals surface area contributed by atoms with Crippen LogP contribution in [0, 0.1) is 0 Å². The number of allylic oxidation sites excluding steroid dienone is 1. The maximum Gasteiger partial charge on any atom is 1.00 e. The SMILES string of the molecule is CCOC(=O)/C=C(\C)NOC(=O)Cc1ccc(O)cc1.[K+]. The number of phenols is 1. The molecular weight excluding hydrogens is 301 g/mol. The van der Waals surface area contributed by atoms with E-state index >= 15 is 0 Å². The third-order valence-electron chi connectivity index (χ3n) is 2.23. The Hall–Kier alpha value is -0.864. The number of hydroxylamine groups is 1. The van der Waals surface area contributed by atoms with Crippen molar-refractivity contribution in [3.63, 3.8) is 0 Å². The van der Waals surface area contributed by atoms with Gasteiger partial charge in [0, 0.05) is 6.08 Å². The van der Waals surface area contributed by atoms with E-state index in [2.05, 4.69) is 5.48 Å². The molecule has 0 aliphatic heterocycles. The predicted molar refractivity (Wildman–Crippen MR) is 71.4 cm³/mol. The number of hydrogen-bond donors (Lipinski definition) is 2. The number of aromatic hydroxyl groups is 1. The molecule has 108 valence electrons. The zero-order valence-electron chi connectivity index (χ0n) is 12.4. The molecule has 0 aliphatic rings. The number of benzene rings is 1. The summed E-state index contributed by atoms with van der Waals surface area (Å²) >= 11 is 0. The number of ether oxygens (including phenoxy) is 1.